The van der Waals surface area contributed by atoms with E-state index in [1.807, 2.05) is 244 Å². The van der Waals surface area contributed by atoms with E-state index in [1.54, 1.807) is 43.4 Å². The fourth-order valence-corrected chi connectivity index (χ4v) is 18.1. The zero-order valence-electron chi connectivity index (χ0n) is 74.2. The number of para-hydroxylation sites is 5. The van der Waals surface area contributed by atoms with Gasteiger partial charge in [0.2, 0.25) is 0 Å². The molecule has 0 aliphatic heterocycles. The third-order valence-corrected chi connectivity index (χ3v) is 24.8. The van der Waals surface area contributed by atoms with Crippen molar-refractivity contribution >= 4 is 98.7 Å². The summed E-state index contributed by atoms with van der Waals surface area (Å²) < 4.78 is 25.3. The van der Waals surface area contributed by atoms with Crippen LogP contribution in [-0.4, -0.2) is 73.5 Å². The van der Waals surface area contributed by atoms with E-state index in [0.717, 1.165) is 227 Å². The van der Waals surface area contributed by atoms with Gasteiger partial charge in [0, 0.05) is 126 Å². The largest absolute Gasteiger partial charge is 2.00 e. The first-order valence-corrected chi connectivity index (χ1v) is 44.9. The summed E-state index contributed by atoms with van der Waals surface area (Å²) in [5, 5.41) is 6.54. The van der Waals surface area contributed by atoms with Gasteiger partial charge in [0.05, 0.1) is 16.6 Å². The summed E-state index contributed by atoms with van der Waals surface area (Å²) in [5.74, 6) is 1.58. The van der Waals surface area contributed by atoms with Crippen LogP contribution in [0.4, 0.5) is 0 Å². The average molecular weight is 2350 g/mol. The standard InChI is InChI=1S/3C40H23N5O.3Pt/c1-3-11-36-32(9-1)33-17-14-27(40-44-35-10-2-4-12-39(35)46-40)22-38(33)45(36)37-21-26(13-16-31(37)30-8-6-20-42-24-30)34-18-15-29(25-43-34)28-7-5-19-41-23-28;1-2-19-43-35(10-1)28-6-3-9-32(20-28)45-37-16-13-26(30-7-4-17-41-24-30)21-34(37)33-14-11-29(22-38(33)45)40-44-36-15-12-27(23-39(36)46-40)31-8-5-18-42-25-31;1-2-11-39-36(10-1)44-40(46-39)28-12-15-33-34-21-26(29-7-4-18-41-23-29)14-17-37(34)45(38(33)22-28)32-9-3-6-27(20-32)35-16-13-31(25-43-35)30-8-5-19-42-24-30;;;/h1-20,23-25H;2*1-19,21,23-25H;;;/q3*-2;3*+2. The van der Waals surface area contributed by atoms with Gasteiger partial charge in [0.1, 0.15) is 34.4 Å². The van der Waals surface area contributed by atoms with Gasteiger partial charge in [-0.1, -0.05) is 184 Å². The van der Waals surface area contributed by atoms with E-state index >= 15 is 0 Å². The minimum absolute atomic E-state index is 0. The fraction of sp³-hybridized carbons (Fsp3) is 0. The summed E-state index contributed by atoms with van der Waals surface area (Å²) in [5.41, 5.74) is 33.1. The average Bonchev–Trinajstić information content (AvgIpc) is 1.59. The second-order valence-corrected chi connectivity index (χ2v) is 33.1. The Kier molecular flexibility index (Phi) is 24.5. The van der Waals surface area contributed by atoms with Crippen LogP contribution in [0.1, 0.15) is 0 Å². The molecule has 0 atom stereocenters. The molecule has 27 aromatic rings. The first-order valence-electron chi connectivity index (χ1n) is 44.9. The van der Waals surface area contributed by atoms with Gasteiger partial charge in [-0.25, -0.2) is 0 Å². The second-order valence-electron chi connectivity index (χ2n) is 33.1. The van der Waals surface area contributed by atoms with Crippen LogP contribution in [0.3, 0.4) is 0 Å². The Hall–Kier alpha value is -17.1. The molecule has 15 heterocycles. The molecule has 672 valence electrons. The number of hydrogen-bond donors (Lipinski definition) is 0. The van der Waals surface area contributed by atoms with Gasteiger partial charge in [0.15, 0.2) is 0 Å². The minimum Gasteiger partial charge on any atom is -0.481 e. The van der Waals surface area contributed by atoms with Crippen LogP contribution in [-0.2, 0) is 63.2 Å². The molecule has 15 aromatic heterocycles. The Morgan fingerprint density at radius 2 is 0.589 bits per heavy atom. The summed E-state index contributed by atoms with van der Waals surface area (Å²) in [6, 6.07) is 132. The molecule has 0 unspecified atom stereocenters. The summed E-state index contributed by atoms with van der Waals surface area (Å²) in [7, 11) is 0. The number of fused-ring (bicyclic) bond motifs is 12. The number of oxazole rings is 3. The van der Waals surface area contributed by atoms with Crippen molar-refractivity contribution in [3.05, 3.63) is 457 Å². The third-order valence-electron chi connectivity index (χ3n) is 24.8. The van der Waals surface area contributed by atoms with Crippen molar-refractivity contribution in [2.45, 2.75) is 0 Å². The normalized spacial score (nSPS) is 11.2. The molecule has 12 aromatic carbocycles. The number of aromatic nitrogens is 15. The molecule has 0 radical (unpaired) electrons. The van der Waals surface area contributed by atoms with Gasteiger partial charge in [0.25, 0.3) is 0 Å². The van der Waals surface area contributed by atoms with Crippen molar-refractivity contribution in [2.24, 2.45) is 0 Å². The molecule has 0 aliphatic rings. The van der Waals surface area contributed by atoms with E-state index in [0.29, 0.717) is 23.3 Å². The Balaban J connectivity index is 0.000000120. The Bertz CT molecular complexity index is 9210. The molecule has 141 heavy (non-hydrogen) atoms. The van der Waals surface area contributed by atoms with E-state index in [4.69, 9.17) is 38.2 Å². The first-order chi connectivity index (χ1) is 68.4. The maximum absolute atomic E-state index is 6.34. The number of nitrogens with zero attached hydrogens (tertiary/aromatic N) is 15. The summed E-state index contributed by atoms with van der Waals surface area (Å²) in [6.07, 6.45) is 27.5. The van der Waals surface area contributed by atoms with Crippen LogP contribution < -0.4 is 0 Å². The van der Waals surface area contributed by atoms with Gasteiger partial charge < -0.3 is 41.9 Å². The predicted octanol–water partition coefficient (Wildman–Crippen LogP) is 28.1. The first kappa shape index (κ1) is 89.1. The van der Waals surface area contributed by atoms with Crippen molar-refractivity contribution in [2.75, 3.05) is 0 Å². The van der Waals surface area contributed by atoms with Gasteiger partial charge >= 0.3 is 63.2 Å². The Morgan fingerprint density at radius 3 is 1.04 bits per heavy atom. The summed E-state index contributed by atoms with van der Waals surface area (Å²) >= 11 is 0. The zero-order valence-corrected chi connectivity index (χ0v) is 81.0. The monoisotopic (exact) mass is 2350 g/mol. The van der Waals surface area contributed by atoms with Gasteiger partial charge in [-0.05, 0) is 208 Å². The van der Waals surface area contributed by atoms with Crippen LogP contribution in [0.2, 0.25) is 0 Å². The molecule has 0 saturated carbocycles. The summed E-state index contributed by atoms with van der Waals surface area (Å²) in [6.45, 7) is 0. The molecule has 27 rings (SSSR count). The Labute approximate surface area is 850 Å². The maximum Gasteiger partial charge on any atom is 2.00 e. The van der Waals surface area contributed by atoms with Gasteiger partial charge in [-0.2, -0.15) is 0 Å². The van der Waals surface area contributed by atoms with Crippen molar-refractivity contribution in [3.63, 3.8) is 0 Å². The number of benzene rings is 12. The van der Waals surface area contributed by atoms with Crippen molar-refractivity contribution in [1.29, 1.82) is 0 Å². The van der Waals surface area contributed by atoms with E-state index in [-0.39, 0.29) is 63.2 Å². The van der Waals surface area contributed by atoms with E-state index in [1.165, 1.54) is 0 Å². The molecule has 0 saturated heterocycles. The van der Waals surface area contributed by atoms with Crippen LogP contribution in [0.5, 0.6) is 0 Å². The predicted molar refractivity (Wildman–Crippen MR) is 543 cm³/mol. The smallest absolute Gasteiger partial charge is 0.481 e. The van der Waals surface area contributed by atoms with Gasteiger partial charge in [-0.3, -0.25) is 44.9 Å². The van der Waals surface area contributed by atoms with E-state index in [9.17, 15) is 0 Å². The van der Waals surface area contributed by atoms with Crippen LogP contribution in [0.15, 0.2) is 434 Å². The SMILES string of the molecule is [Pt+2].[Pt+2].[Pt+2].[c-]1c(-c2ccc(-c3cccnc3)cn2)ccc(-c2cccnc2)c1-n1c2[c-]c(-c3nc4ccccc4o3)ccc2c2ccccc21.[c-]1c(-c2ccc(-c3cccnc3)cn2)cccc1-n1c2[c-]c(-c3nc4ccccc4o3)ccc2c2cc(-c3cccnc3)ccc21.[c-]1c(-c2ccccn2)cccc1-n1c2[c-]c(-c3nc4ccc(-c5cccnc5)cc4o3)ccc2c2cc(-c3cccnc3)ccc21. The molecule has 0 aliphatic carbocycles. The number of pyridine rings is 9. The maximum atomic E-state index is 6.34. The minimum atomic E-state index is 0. The molecule has 0 amide bonds. The number of rotatable bonds is 15. The molecule has 18 nitrogen and oxygen atoms in total. The van der Waals surface area contributed by atoms with E-state index < -0.39 is 0 Å². The van der Waals surface area contributed by atoms with Crippen molar-refractivity contribution in [1.82, 2.24) is 73.5 Å². The fourth-order valence-electron chi connectivity index (χ4n) is 18.1. The number of hydrogen-bond acceptors (Lipinski definition) is 15. The van der Waals surface area contributed by atoms with Crippen LogP contribution in [0.25, 0.3) is 251 Å². The van der Waals surface area contributed by atoms with E-state index in [2.05, 4.69) is 218 Å². The molecule has 0 fully saturated rings. The summed E-state index contributed by atoms with van der Waals surface area (Å²) in [4.78, 5) is 54.4. The van der Waals surface area contributed by atoms with Gasteiger partial charge in [-0.15, -0.1) is 138 Å². The molecule has 0 bridgehead atoms. The quantitative estimate of drug-likeness (QED) is 0.0874. The van der Waals surface area contributed by atoms with Crippen molar-refractivity contribution in [3.8, 4) is 152 Å². The molecule has 0 N–H and O–H groups in total. The van der Waals surface area contributed by atoms with Crippen molar-refractivity contribution < 1.29 is 76.4 Å². The molecular formula is C120H69N15O3Pt3. The zero-order chi connectivity index (χ0) is 91.4. The second kappa shape index (κ2) is 38.8. The topological polar surface area (TPSA) is 209 Å². The van der Waals surface area contributed by atoms with Crippen LogP contribution >= 0.6 is 0 Å². The third kappa shape index (κ3) is 17.2. The molecule has 0 spiro atoms. The molecular weight excluding hydrogens is 2280 g/mol. The molecule has 21 heteroatoms. The Morgan fingerprint density at radius 1 is 0.213 bits per heavy atom. The van der Waals surface area contributed by atoms with Crippen LogP contribution in [0, 0.1) is 36.4 Å².